The molecule has 1 fully saturated rings. The number of ether oxygens (including phenoxy) is 1. The number of rotatable bonds is 2. The Bertz CT molecular complexity index is 733. The van der Waals surface area contributed by atoms with Crippen LogP contribution in [0.25, 0.3) is 10.8 Å². The monoisotopic (exact) mass is 306 g/mol. The summed E-state index contributed by atoms with van der Waals surface area (Å²) in [5.41, 5.74) is -0.790. The molecule has 2 aromatic rings. The minimum Gasteiger partial charge on any atom is -0.497 e. The van der Waals surface area contributed by atoms with Crippen LogP contribution in [0.1, 0.15) is 24.8 Å². The molecule has 1 aliphatic carbocycles. The molecule has 1 unspecified atom stereocenters. The summed E-state index contributed by atoms with van der Waals surface area (Å²) in [7, 11) is 1.57. The number of halogens is 3. The maximum Gasteiger partial charge on any atom is 0.398 e. The van der Waals surface area contributed by atoms with Crippen molar-refractivity contribution < 1.29 is 17.9 Å². The first-order chi connectivity index (χ1) is 10.4. The van der Waals surface area contributed by atoms with Crippen molar-refractivity contribution in [1.29, 1.82) is 0 Å². The van der Waals surface area contributed by atoms with E-state index in [4.69, 9.17) is 4.74 Å². The first kappa shape index (κ1) is 14.9. The minimum absolute atomic E-state index is 0.0157. The highest BCUT2D eigenvalue weighted by Crippen LogP contribution is 2.53. The number of benzene rings is 2. The third-order valence-corrected chi connectivity index (χ3v) is 4.60. The van der Waals surface area contributed by atoms with Gasteiger partial charge in [-0.15, -0.1) is 0 Å². The second-order valence-corrected chi connectivity index (χ2v) is 5.93. The Morgan fingerprint density at radius 1 is 1.09 bits per heavy atom. The van der Waals surface area contributed by atoms with E-state index in [-0.39, 0.29) is 12.8 Å². The van der Waals surface area contributed by atoms with E-state index in [2.05, 4.69) is 6.58 Å². The van der Waals surface area contributed by atoms with Crippen LogP contribution in [0, 0.1) is 0 Å². The Labute approximate surface area is 127 Å². The van der Waals surface area contributed by atoms with Crippen LogP contribution in [0.15, 0.2) is 48.6 Å². The van der Waals surface area contributed by atoms with Crippen molar-refractivity contribution in [3.8, 4) is 5.75 Å². The molecule has 1 saturated carbocycles. The molecule has 0 amide bonds. The van der Waals surface area contributed by atoms with Crippen molar-refractivity contribution in [1.82, 2.24) is 0 Å². The molecule has 22 heavy (non-hydrogen) atoms. The fourth-order valence-corrected chi connectivity index (χ4v) is 3.29. The summed E-state index contributed by atoms with van der Waals surface area (Å²) in [5.74, 6) is 0.694. The van der Waals surface area contributed by atoms with Crippen LogP contribution in [0.3, 0.4) is 0 Å². The van der Waals surface area contributed by atoms with Crippen molar-refractivity contribution in [2.75, 3.05) is 7.11 Å². The molecular weight excluding hydrogens is 289 g/mol. The summed E-state index contributed by atoms with van der Waals surface area (Å²) >= 11 is 0. The highest BCUT2D eigenvalue weighted by atomic mass is 19.4. The van der Waals surface area contributed by atoms with E-state index in [1.807, 2.05) is 6.07 Å². The normalized spacial score (nSPS) is 22.3. The first-order valence-corrected chi connectivity index (χ1v) is 7.17. The predicted molar refractivity (Wildman–Crippen MR) is 81.2 cm³/mol. The molecule has 116 valence electrons. The number of fused-ring (bicyclic) bond motifs is 1. The van der Waals surface area contributed by atoms with Gasteiger partial charge in [0, 0.05) is 0 Å². The van der Waals surface area contributed by atoms with Crippen LogP contribution >= 0.6 is 0 Å². The molecule has 0 N–H and O–H groups in total. The van der Waals surface area contributed by atoms with E-state index >= 15 is 0 Å². The molecule has 0 heterocycles. The summed E-state index contributed by atoms with van der Waals surface area (Å²) in [6.45, 7) is 3.76. The Morgan fingerprint density at radius 2 is 1.77 bits per heavy atom. The van der Waals surface area contributed by atoms with Crippen molar-refractivity contribution in [2.45, 2.75) is 30.9 Å². The predicted octanol–water partition coefficient (Wildman–Crippen LogP) is 5.39. The Hall–Kier alpha value is -1.97. The van der Waals surface area contributed by atoms with Gasteiger partial charge in [0.2, 0.25) is 0 Å². The molecule has 0 spiro atoms. The third kappa shape index (κ3) is 2.27. The van der Waals surface area contributed by atoms with Gasteiger partial charge in [0.05, 0.1) is 12.5 Å². The second-order valence-electron chi connectivity index (χ2n) is 5.93. The standard InChI is InChI=1S/C18H17F3O/c1-12-7-8-17(11-12,18(19,20)21)15-5-3-14-10-16(22-2)6-4-13(14)9-15/h3-6,9-10H,1,7-8,11H2,2H3. The van der Waals surface area contributed by atoms with Gasteiger partial charge in [0.25, 0.3) is 0 Å². The molecule has 4 heteroatoms. The van der Waals surface area contributed by atoms with E-state index in [1.54, 1.807) is 37.4 Å². The largest absolute Gasteiger partial charge is 0.497 e. The SMILES string of the molecule is C=C1CCC(c2ccc3cc(OC)ccc3c2)(C(F)(F)F)C1. The lowest BCUT2D eigenvalue weighted by molar-refractivity contribution is -0.188. The molecule has 0 radical (unpaired) electrons. The maximum atomic E-state index is 13.7. The van der Waals surface area contributed by atoms with Crippen LogP contribution in [0.4, 0.5) is 13.2 Å². The van der Waals surface area contributed by atoms with Gasteiger partial charge in [-0.25, -0.2) is 0 Å². The average Bonchev–Trinajstić information content (AvgIpc) is 2.89. The van der Waals surface area contributed by atoms with Crippen LogP contribution in [0.2, 0.25) is 0 Å². The van der Waals surface area contributed by atoms with Gasteiger partial charge in [0.15, 0.2) is 0 Å². The van der Waals surface area contributed by atoms with E-state index in [0.29, 0.717) is 23.3 Å². The Morgan fingerprint density at radius 3 is 2.36 bits per heavy atom. The minimum atomic E-state index is -4.27. The van der Waals surface area contributed by atoms with Gasteiger partial charge in [0.1, 0.15) is 5.75 Å². The zero-order valence-corrected chi connectivity index (χ0v) is 12.3. The first-order valence-electron chi connectivity index (χ1n) is 7.17. The molecule has 0 saturated heterocycles. The molecule has 1 nitrogen and oxygen atoms in total. The molecule has 0 bridgehead atoms. The van der Waals surface area contributed by atoms with Crippen molar-refractivity contribution >= 4 is 10.8 Å². The number of alkyl halides is 3. The molecule has 2 aromatic carbocycles. The van der Waals surface area contributed by atoms with Gasteiger partial charge in [-0.3, -0.25) is 0 Å². The topological polar surface area (TPSA) is 9.23 Å². The van der Waals surface area contributed by atoms with Gasteiger partial charge in [-0.1, -0.05) is 36.4 Å². The van der Waals surface area contributed by atoms with E-state index in [9.17, 15) is 13.2 Å². The summed E-state index contributed by atoms with van der Waals surface area (Å²) in [6, 6.07) is 10.4. The molecule has 0 aromatic heterocycles. The molecule has 0 aliphatic heterocycles. The lowest BCUT2D eigenvalue weighted by Crippen LogP contribution is -2.39. The number of allylic oxidation sites excluding steroid dienone is 1. The summed E-state index contributed by atoms with van der Waals surface area (Å²) < 4.78 is 46.3. The van der Waals surface area contributed by atoms with Gasteiger partial charge in [-0.05, 0) is 47.7 Å². The summed E-state index contributed by atoms with van der Waals surface area (Å²) in [6.07, 6.45) is -3.78. The van der Waals surface area contributed by atoms with Crippen LogP contribution in [-0.4, -0.2) is 13.3 Å². The van der Waals surface area contributed by atoms with Gasteiger partial charge >= 0.3 is 6.18 Å². The molecule has 3 rings (SSSR count). The fourth-order valence-electron chi connectivity index (χ4n) is 3.29. The van der Waals surface area contributed by atoms with E-state index in [1.165, 1.54) is 0 Å². The van der Waals surface area contributed by atoms with Crippen LogP contribution < -0.4 is 4.74 Å². The zero-order chi connectivity index (χ0) is 16.0. The highest BCUT2D eigenvalue weighted by Gasteiger charge is 2.57. The average molecular weight is 306 g/mol. The highest BCUT2D eigenvalue weighted by molar-refractivity contribution is 5.84. The quantitative estimate of drug-likeness (QED) is 0.676. The summed E-state index contributed by atoms with van der Waals surface area (Å²) in [4.78, 5) is 0. The fraction of sp³-hybridized carbons (Fsp3) is 0.333. The second kappa shape index (κ2) is 5.04. The Kier molecular flexibility index (Phi) is 3.42. The number of hydrogen-bond acceptors (Lipinski definition) is 1. The van der Waals surface area contributed by atoms with Crippen LogP contribution in [0.5, 0.6) is 5.75 Å². The lowest BCUT2D eigenvalue weighted by Gasteiger charge is -2.32. The molecule has 1 atom stereocenters. The summed E-state index contributed by atoms with van der Waals surface area (Å²) in [5, 5.41) is 1.66. The van der Waals surface area contributed by atoms with Crippen LogP contribution in [-0.2, 0) is 5.41 Å². The molecule has 1 aliphatic rings. The smallest absolute Gasteiger partial charge is 0.398 e. The number of hydrogen-bond donors (Lipinski definition) is 0. The Balaban J connectivity index is 2.13. The van der Waals surface area contributed by atoms with E-state index < -0.39 is 11.6 Å². The van der Waals surface area contributed by atoms with Gasteiger partial charge in [-0.2, -0.15) is 13.2 Å². The molecular formula is C18H17F3O. The van der Waals surface area contributed by atoms with Crippen molar-refractivity contribution in [3.63, 3.8) is 0 Å². The van der Waals surface area contributed by atoms with Gasteiger partial charge < -0.3 is 4.74 Å². The van der Waals surface area contributed by atoms with E-state index in [0.717, 1.165) is 10.8 Å². The van der Waals surface area contributed by atoms with Crippen molar-refractivity contribution in [3.05, 3.63) is 54.1 Å². The maximum absolute atomic E-state index is 13.7. The third-order valence-electron chi connectivity index (χ3n) is 4.60. The lowest BCUT2D eigenvalue weighted by atomic mass is 9.77. The zero-order valence-electron chi connectivity index (χ0n) is 12.3. The number of methoxy groups -OCH3 is 1. The van der Waals surface area contributed by atoms with Crippen molar-refractivity contribution in [2.24, 2.45) is 0 Å².